The molecule has 0 saturated carbocycles. The topological polar surface area (TPSA) is 29.7 Å². The van der Waals surface area contributed by atoms with Crippen LogP contribution in [0.25, 0.3) is 55.5 Å². The second-order valence-corrected chi connectivity index (χ2v) is 17.8. The number of hydrogen-bond donors (Lipinski definition) is 0. The van der Waals surface area contributed by atoms with Crippen molar-refractivity contribution in [1.29, 1.82) is 0 Å². The van der Waals surface area contributed by atoms with Crippen LogP contribution in [0.2, 0.25) is 0 Å². The summed E-state index contributed by atoms with van der Waals surface area (Å²) in [7, 11) is 0. The first-order valence-electron chi connectivity index (χ1n) is 23.4. The minimum Gasteiger partial charge on any atom is -0.454 e. The number of para-hydroxylation sites is 3. The summed E-state index contributed by atoms with van der Waals surface area (Å²) >= 11 is 0. The Labute approximate surface area is 397 Å². The van der Waals surface area contributed by atoms with Crippen LogP contribution in [0.1, 0.15) is 45.0 Å². The molecule has 10 aromatic rings. The molecule has 0 amide bonds. The Morgan fingerprint density at radius 3 is 1.50 bits per heavy atom. The molecule has 1 spiro atoms. The number of hydrogen-bond acceptors (Lipinski definition) is 2. The van der Waals surface area contributed by atoms with Crippen molar-refractivity contribution >= 4 is 28.6 Å². The van der Waals surface area contributed by atoms with Gasteiger partial charge in [-0.15, -0.1) is 0 Å². The van der Waals surface area contributed by atoms with Gasteiger partial charge in [-0.25, -0.2) is 0 Å². The number of nitrogens with zero attached hydrogens (tertiary/aromatic N) is 3. The molecule has 1 unspecified atom stereocenters. The van der Waals surface area contributed by atoms with Gasteiger partial charge in [-0.05, 0) is 119 Å². The Bertz CT molecular complexity index is 3530. The number of amidine groups is 1. The van der Waals surface area contributed by atoms with Crippen molar-refractivity contribution < 1.29 is 0 Å². The second kappa shape index (κ2) is 16.3. The van der Waals surface area contributed by atoms with Gasteiger partial charge in [-0.2, -0.15) is 0 Å². The third kappa shape index (κ3) is 6.39. The maximum Gasteiger partial charge on any atom is 0.0754 e. The van der Waals surface area contributed by atoms with E-state index in [-0.39, 0.29) is 6.04 Å². The first-order chi connectivity index (χ1) is 33.7. The highest BCUT2D eigenvalue weighted by Gasteiger charge is 2.51. The number of aliphatic imine (C=N–C) groups is 1. The van der Waals surface area contributed by atoms with E-state index < -0.39 is 5.41 Å². The van der Waals surface area contributed by atoms with E-state index in [9.17, 15) is 0 Å². The molecule has 0 bridgehead atoms. The average Bonchev–Trinajstić information content (AvgIpc) is 3.71. The van der Waals surface area contributed by atoms with Gasteiger partial charge in [-0.1, -0.05) is 236 Å². The molecule has 68 heavy (non-hydrogen) atoms. The monoisotopic (exact) mass is 866 g/mol. The highest BCUT2D eigenvalue weighted by molar-refractivity contribution is 6.12. The van der Waals surface area contributed by atoms with Gasteiger partial charge >= 0.3 is 0 Å². The number of fused-ring (bicyclic) bond motifs is 9. The fourth-order valence-corrected chi connectivity index (χ4v) is 11.0. The van der Waals surface area contributed by atoms with E-state index in [0.29, 0.717) is 0 Å². The van der Waals surface area contributed by atoms with E-state index in [1.165, 1.54) is 67.0 Å². The predicted octanol–water partition coefficient (Wildman–Crippen LogP) is 16.8. The molecule has 0 N–H and O–H groups in total. The summed E-state index contributed by atoms with van der Waals surface area (Å²) < 4.78 is 0. The highest BCUT2D eigenvalue weighted by atomic mass is 15.2. The SMILES string of the molecule is C1=C(c2ccc(-c3ccccc3)cc2)N=C(c2ccccc2)[N-]C1c1ccccc1-c1ccc(-c2ccc3c(c2)C2(c4ccccc4-3)c3ccccc3N(c3ccccc3)c3ccccc32)cc1. The maximum atomic E-state index is 5.33. The summed E-state index contributed by atoms with van der Waals surface area (Å²) in [5.74, 6) is 0.734. The molecule has 3 heteroatoms. The maximum absolute atomic E-state index is 5.33. The van der Waals surface area contributed by atoms with Crippen LogP contribution in [-0.2, 0) is 5.41 Å². The fraction of sp³-hybridized carbons (Fsp3) is 0.0308. The predicted molar refractivity (Wildman–Crippen MR) is 282 cm³/mol. The minimum absolute atomic E-state index is 0.240. The van der Waals surface area contributed by atoms with Crippen LogP contribution in [0.3, 0.4) is 0 Å². The average molecular weight is 867 g/mol. The lowest BCUT2D eigenvalue weighted by Crippen LogP contribution is -2.36. The van der Waals surface area contributed by atoms with E-state index in [2.05, 4.69) is 260 Å². The summed E-state index contributed by atoms with van der Waals surface area (Å²) in [5, 5.41) is 5.33. The normalized spacial score (nSPS) is 15.0. The van der Waals surface area contributed by atoms with E-state index in [1.54, 1.807) is 0 Å². The van der Waals surface area contributed by atoms with E-state index >= 15 is 0 Å². The van der Waals surface area contributed by atoms with Crippen molar-refractivity contribution in [2.75, 3.05) is 4.90 Å². The zero-order valence-electron chi connectivity index (χ0n) is 37.2. The van der Waals surface area contributed by atoms with Gasteiger partial charge in [0.15, 0.2) is 0 Å². The number of anilines is 3. The van der Waals surface area contributed by atoms with E-state index in [4.69, 9.17) is 10.3 Å². The Hall–Kier alpha value is -8.79. The molecule has 1 aliphatic carbocycles. The number of benzene rings is 10. The quantitative estimate of drug-likeness (QED) is 0.157. The van der Waals surface area contributed by atoms with Crippen LogP contribution in [0.4, 0.5) is 17.1 Å². The fourth-order valence-electron chi connectivity index (χ4n) is 11.0. The second-order valence-electron chi connectivity index (χ2n) is 17.8. The molecule has 0 fully saturated rings. The van der Waals surface area contributed by atoms with Gasteiger partial charge in [-0.3, -0.25) is 0 Å². The van der Waals surface area contributed by atoms with Gasteiger partial charge in [0.25, 0.3) is 0 Å². The third-order valence-electron chi connectivity index (χ3n) is 14.1. The molecule has 2 heterocycles. The lowest BCUT2D eigenvalue weighted by Gasteiger charge is -2.45. The smallest absolute Gasteiger partial charge is 0.0754 e. The van der Waals surface area contributed by atoms with Crippen LogP contribution in [0.15, 0.2) is 266 Å². The zero-order valence-corrected chi connectivity index (χ0v) is 37.2. The molecule has 320 valence electrons. The van der Waals surface area contributed by atoms with Crippen LogP contribution in [0.5, 0.6) is 0 Å². The minimum atomic E-state index is -0.513. The van der Waals surface area contributed by atoms with Crippen molar-refractivity contribution in [2.45, 2.75) is 11.5 Å². The largest absolute Gasteiger partial charge is 0.454 e. The Kier molecular flexibility index (Phi) is 9.47. The van der Waals surface area contributed by atoms with Crippen LogP contribution < -0.4 is 4.90 Å². The lowest BCUT2D eigenvalue weighted by atomic mass is 9.64. The van der Waals surface area contributed by atoms with Crippen molar-refractivity contribution in [3.63, 3.8) is 0 Å². The van der Waals surface area contributed by atoms with Crippen molar-refractivity contribution in [1.82, 2.24) is 0 Å². The Balaban J connectivity index is 0.889. The van der Waals surface area contributed by atoms with Crippen LogP contribution >= 0.6 is 0 Å². The number of rotatable bonds is 7. The molecule has 0 aromatic heterocycles. The van der Waals surface area contributed by atoms with Crippen LogP contribution in [0, 0.1) is 0 Å². The molecule has 1 atom stereocenters. The summed E-state index contributed by atoms with van der Waals surface area (Å²) in [6, 6.07) is 92.1. The molecule has 0 radical (unpaired) electrons. The van der Waals surface area contributed by atoms with Crippen LogP contribution in [-0.4, -0.2) is 5.84 Å². The van der Waals surface area contributed by atoms with Gasteiger partial charge in [0.2, 0.25) is 0 Å². The highest BCUT2D eigenvalue weighted by Crippen LogP contribution is 2.63. The summed E-state index contributed by atoms with van der Waals surface area (Å²) in [5.41, 5.74) is 21.9. The molecule has 2 aliphatic heterocycles. The van der Waals surface area contributed by atoms with Gasteiger partial charge in [0, 0.05) is 11.7 Å². The molecule has 0 saturated heterocycles. The standard InChI is InChI=1S/C65H44N3/c1-4-18-44(19-5-1)45-34-38-48(39-35-45)60-43-61(67-64(66-60)49-20-6-2-7-21-49)55-26-11-10-24-52(55)47-36-32-46(33-37-47)50-40-41-54-53-25-12-13-27-56(53)65(59(54)42-50)57-28-14-16-30-62(57)68(51-22-8-3-9-23-51)63-31-17-15-29-58(63)65/h1-43,61H/q-1. The van der Waals surface area contributed by atoms with Crippen molar-refractivity contribution in [2.24, 2.45) is 4.99 Å². The summed E-state index contributed by atoms with van der Waals surface area (Å²) in [6.07, 6.45) is 2.22. The lowest BCUT2D eigenvalue weighted by molar-refractivity contribution is 0.753. The van der Waals surface area contributed by atoms with E-state index in [0.717, 1.165) is 45.0 Å². The molecule has 3 nitrogen and oxygen atoms in total. The van der Waals surface area contributed by atoms with Crippen molar-refractivity contribution in [3.05, 3.63) is 305 Å². The van der Waals surface area contributed by atoms with E-state index in [1.807, 2.05) is 6.07 Å². The summed E-state index contributed by atoms with van der Waals surface area (Å²) in [4.78, 5) is 7.61. The molecule has 13 rings (SSSR count). The van der Waals surface area contributed by atoms with Crippen molar-refractivity contribution in [3.8, 4) is 44.5 Å². The Morgan fingerprint density at radius 1 is 0.353 bits per heavy atom. The first kappa shape index (κ1) is 39.6. The first-order valence-corrected chi connectivity index (χ1v) is 23.4. The molecule has 3 aliphatic rings. The molecule has 10 aromatic carbocycles. The van der Waals surface area contributed by atoms with Gasteiger partial charge in [0.1, 0.15) is 0 Å². The van der Waals surface area contributed by atoms with Gasteiger partial charge in [0.05, 0.1) is 16.8 Å². The molecular formula is C65H44N3-. The third-order valence-corrected chi connectivity index (χ3v) is 14.1. The Morgan fingerprint density at radius 2 is 0.824 bits per heavy atom. The molecular weight excluding hydrogens is 823 g/mol. The summed E-state index contributed by atoms with van der Waals surface area (Å²) in [6.45, 7) is 0. The van der Waals surface area contributed by atoms with Gasteiger partial charge < -0.3 is 15.2 Å². The zero-order chi connectivity index (χ0) is 45.0.